The summed E-state index contributed by atoms with van der Waals surface area (Å²) in [5.41, 5.74) is -0.151. The lowest BCUT2D eigenvalue weighted by molar-refractivity contribution is -0.122. The maximum absolute atomic E-state index is 11.2. The van der Waals surface area contributed by atoms with Crippen LogP contribution >= 0.6 is 0 Å². The average molecular weight is 213 g/mol. The van der Waals surface area contributed by atoms with Crippen LogP contribution in [0, 0.1) is 11.3 Å². The number of aldehydes is 1. The lowest BCUT2D eigenvalue weighted by atomic mass is 9.81. The van der Waals surface area contributed by atoms with E-state index in [-0.39, 0.29) is 5.41 Å². The molecule has 1 aliphatic heterocycles. The molecule has 1 saturated heterocycles. The van der Waals surface area contributed by atoms with Crippen LogP contribution in [0.1, 0.15) is 26.7 Å². The third-order valence-corrected chi connectivity index (χ3v) is 3.00. The third-order valence-electron chi connectivity index (χ3n) is 3.00. The second kappa shape index (κ2) is 5.61. The maximum Gasteiger partial charge on any atom is 0.127 e. The third kappa shape index (κ3) is 3.92. The summed E-state index contributed by atoms with van der Waals surface area (Å²) in [6.07, 6.45) is 2.89. The summed E-state index contributed by atoms with van der Waals surface area (Å²) in [5.74, 6) is 0.651. The molecule has 0 radical (unpaired) electrons. The highest BCUT2D eigenvalue weighted by Crippen LogP contribution is 2.28. The molecule has 88 valence electrons. The van der Waals surface area contributed by atoms with E-state index in [9.17, 15) is 4.79 Å². The zero-order valence-electron chi connectivity index (χ0n) is 10.2. The standard InChI is InChI=1S/C12H23NO2/c1-11(2)8-13(3)9-12(10-14)4-6-15-7-5-12/h10-11H,4-9H2,1-3H3. The SMILES string of the molecule is CC(C)CN(C)CC1(C=O)CCOCC1. The highest BCUT2D eigenvalue weighted by molar-refractivity contribution is 5.60. The summed E-state index contributed by atoms with van der Waals surface area (Å²) in [4.78, 5) is 13.5. The predicted octanol–water partition coefficient (Wildman–Crippen LogP) is 1.57. The van der Waals surface area contributed by atoms with Crippen LogP contribution in [0.25, 0.3) is 0 Å². The minimum absolute atomic E-state index is 0.151. The minimum atomic E-state index is -0.151. The van der Waals surface area contributed by atoms with Gasteiger partial charge in [-0.05, 0) is 25.8 Å². The van der Waals surface area contributed by atoms with Crippen molar-refractivity contribution in [2.24, 2.45) is 11.3 Å². The fraction of sp³-hybridized carbons (Fsp3) is 0.917. The van der Waals surface area contributed by atoms with Crippen LogP contribution in [0.4, 0.5) is 0 Å². The Hall–Kier alpha value is -0.410. The van der Waals surface area contributed by atoms with Crippen molar-refractivity contribution in [1.29, 1.82) is 0 Å². The van der Waals surface area contributed by atoms with E-state index in [1.807, 2.05) is 0 Å². The van der Waals surface area contributed by atoms with Crippen molar-refractivity contribution in [3.63, 3.8) is 0 Å². The summed E-state index contributed by atoms with van der Waals surface area (Å²) in [5, 5.41) is 0. The van der Waals surface area contributed by atoms with Gasteiger partial charge < -0.3 is 14.4 Å². The molecule has 0 saturated carbocycles. The van der Waals surface area contributed by atoms with E-state index in [4.69, 9.17) is 4.74 Å². The van der Waals surface area contributed by atoms with E-state index in [1.165, 1.54) is 0 Å². The van der Waals surface area contributed by atoms with Gasteiger partial charge in [0, 0.05) is 31.7 Å². The second-order valence-electron chi connectivity index (χ2n) is 5.18. The number of carbonyl (C=O) groups is 1. The van der Waals surface area contributed by atoms with Gasteiger partial charge in [-0.2, -0.15) is 0 Å². The Bertz CT molecular complexity index is 198. The number of carbonyl (C=O) groups excluding carboxylic acids is 1. The largest absolute Gasteiger partial charge is 0.381 e. The molecule has 1 rings (SSSR count). The summed E-state index contributed by atoms with van der Waals surface area (Å²) in [6.45, 7) is 7.79. The first-order valence-electron chi connectivity index (χ1n) is 5.81. The average Bonchev–Trinajstić information content (AvgIpc) is 2.17. The smallest absolute Gasteiger partial charge is 0.127 e. The van der Waals surface area contributed by atoms with E-state index in [0.29, 0.717) is 5.92 Å². The van der Waals surface area contributed by atoms with Crippen molar-refractivity contribution in [3.8, 4) is 0 Å². The monoisotopic (exact) mass is 213 g/mol. The van der Waals surface area contributed by atoms with Gasteiger partial charge in [-0.25, -0.2) is 0 Å². The molecule has 0 aromatic heterocycles. The van der Waals surface area contributed by atoms with Crippen molar-refractivity contribution in [2.75, 3.05) is 33.4 Å². The van der Waals surface area contributed by atoms with E-state index in [0.717, 1.165) is 45.4 Å². The minimum Gasteiger partial charge on any atom is -0.381 e. The molecule has 0 aromatic carbocycles. The van der Waals surface area contributed by atoms with Gasteiger partial charge in [-0.1, -0.05) is 13.8 Å². The molecule has 0 N–H and O–H groups in total. The van der Waals surface area contributed by atoms with Crippen molar-refractivity contribution >= 4 is 6.29 Å². The van der Waals surface area contributed by atoms with Crippen LogP contribution in [-0.2, 0) is 9.53 Å². The maximum atomic E-state index is 11.2. The van der Waals surface area contributed by atoms with E-state index < -0.39 is 0 Å². The molecule has 1 fully saturated rings. The molecule has 3 nitrogen and oxygen atoms in total. The van der Waals surface area contributed by atoms with Gasteiger partial charge in [0.05, 0.1) is 0 Å². The summed E-state index contributed by atoms with van der Waals surface area (Å²) >= 11 is 0. The Balaban J connectivity index is 2.47. The normalized spacial score (nSPS) is 20.9. The number of hydrogen-bond acceptors (Lipinski definition) is 3. The van der Waals surface area contributed by atoms with Gasteiger partial charge in [0.15, 0.2) is 0 Å². The molecule has 15 heavy (non-hydrogen) atoms. The van der Waals surface area contributed by atoms with E-state index >= 15 is 0 Å². The Morgan fingerprint density at radius 3 is 2.47 bits per heavy atom. The van der Waals surface area contributed by atoms with Crippen LogP contribution < -0.4 is 0 Å². The van der Waals surface area contributed by atoms with Crippen LogP contribution in [-0.4, -0.2) is 44.5 Å². The first-order chi connectivity index (χ1) is 7.08. The fourth-order valence-corrected chi connectivity index (χ4v) is 2.32. The van der Waals surface area contributed by atoms with Gasteiger partial charge in [0.2, 0.25) is 0 Å². The molecule has 0 aromatic rings. The number of rotatable bonds is 5. The quantitative estimate of drug-likeness (QED) is 0.649. The van der Waals surface area contributed by atoms with E-state index in [2.05, 4.69) is 25.8 Å². The summed E-state index contributed by atoms with van der Waals surface area (Å²) < 4.78 is 5.31. The molecule has 0 aliphatic carbocycles. The molecule has 1 aliphatic rings. The van der Waals surface area contributed by atoms with Crippen molar-refractivity contribution < 1.29 is 9.53 Å². The van der Waals surface area contributed by atoms with Gasteiger partial charge in [0.1, 0.15) is 6.29 Å². The van der Waals surface area contributed by atoms with E-state index in [1.54, 1.807) is 0 Å². The first-order valence-corrected chi connectivity index (χ1v) is 5.81. The first kappa shape index (κ1) is 12.7. The van der Waals surface area contributed by atoms with Gasteiger partial charge in [-0.3, -0.25) is 0 Å². The molecule has 0 atom stereocenters. The fourth-order valence-electron chi connectivity index (χ4n) is 2.32. The molecule has 3 heteroatoms. The number of ether oxygens (including phenoxy) is 1. The molecule has 0 unspecified atom stereocenters. The predicted molar refractivity (Wildman–Crippen MR) is 60.9 cm³/mol. The van der Waals surface area contributed by atoms with Gasteiger partial charge in [0.25, 0.3) is 0 Å². The van der Waals surface area contributed by atoms with Gasteiger partial charge >= 0.3 is 0 Å². The number of nitrogens with zero attached hydrogens (tertiary/aromatic N) is 1. The van der Waals surface area contributed by atoms with Gasteiger partial charge in [-0.15, -0.1) is 0 Å². The summed E-state index contributed by atoms with van der Waals surface area (Å²) in [6, 6.07) is 0. The molecule has 0 spiro atoms. The Labute approximate surface area is 92.8 Å². The second-order valence-corrected chi connectivity index (χ2v) is 5.18. The Morgan fingerprint density at radius 1 is 1.40 bits per heavy atom. The van der Waals surface area contributed by atoms with Crippen molar-refractivity contribution in [1.82, 2.24) is 4.90 Å². The summed E-state index contributed by atoms with van der Waals surface area (Å²) in [7, 11) is 2.10. The highest BCUT2D eigenvalue weighted by Gasteiger charge is 2.33. The lowest BCUT2D eigenvalue weighted by Gasteiger charge is -2.35. The number of hydrogen-bond donors (Lipinski definition) is 0. The van der Waals surface area contributed by atoms with Crippen LogP contribution in [0.2, 0.25) is 0 Å². The topological polar surface area (TPSA) is 29.5 Å². The Morgan fingerprint density at radius 2 is 2.00 bits per heavy atom. The highest BCUT2D eigenvalue weighted by atomic mass is 16.5. The zero-order valence-corrected chi connectivity index (χ0v) is 10.2. The van der Waals surface area contributed by atoms with Crippen LogP contribution in [0.3, 0.4) is 0 Å². The van der Waals surface area contributed by atoms with Crippen LogP contribution in [0.15, 0.2) is 0 Å². The molecule has 0 bridgehead atoms. The van der Waals surface area contributed by atoms with Crippen molar-refractivity contribution in [3.05, 3.63) is 0 Å². The van der Waals surface area contributed by atoms with Crippen LogP contribution in [0.5, 0.6) is 0 Å². The van der Waals surface area contributed by atoms with Crippen molar-refractivity contribution in [2.45, 2.75) is 26.7 Å². The molecular formula is C12H23NO2. The lowest BCUT2D eigenvalue weighted by Crippen LogP contribution is -2.42. The zero-order chi connectivity index (χ0) is 11.3. The molecule has 1 heterocycles. The molecular weight excluding hydrogens is 190 g/mol. The Kier molecular flexibility index (Phi) is 4.74. The molecule has 0 amide bonds.